The van der Waals surface area contributed by atoms with Crippen LogP contribution in [-0.2, 0) is 4.84 Å². The topological polar surface area (TPSA) is 47.6 Å². The molecular weight excluding hydrogens is 320 g/mol. The predicted octanol–water partition coefficient (Wildman–Crippen LogP) is 5.24. The second-order valence-corrected chi connectivity index (χ2v) is 10.6. The lowest BCUT2D eigenvalue weighted by atomic mass is 9.44. The zero-order valence-corrected chi connectivity index (χ0v) is 17.3. The Morgan fingerprint density at radius 3 is 2.58 bits per heavy atom. The van der Waals surface area contributed by atoms with Gasteiger partial charge in [0.05, 0.1) is 0 Å². The van der Waals surface area contributed by atoms with E-state index in [0.29, 0.717) is 29.9 Å². The molecule has 0 aromatic carbocycles. The third-order valence-corrected chi connectivity index (χ3v) is 9.74. The maximum atomic E-state index is 5.47. The fraction of sp³-hybridized carbons (Fsp3) is 0.957. The van der Waals surface area contributed by atoms with Crippen LogP contribution in [0.15, 0.2) is 5.16 Å². The largest absolute Gasteiger partial charge is 0.395 e. The summed E-state index contributed by atoms with van der Waals surface area (Å²) in [5, 5.41) is 4.18. The molecule has 0 saturated heterocycles. The average Bonchev–Trinajstić information content (AvgIpc) is 2.94. The van der Waals surface area contributed by atoms with Crippen LogP contribution in [0.25, 0.3) is 0 Å². The van der Waals surface area contributed by atoms with Crippen molar-refractivity contribution >= 4 is 6.21 Å². The number of nitrogens with two attached hydrogens (primary N) is 1. The second kappa shape index (κ2) is 7.11. The number of rotatable bonds is 4. The minimum atomic E-state index is 0.534. The van der Waals surface area contributed by atoms with E-state index in [9.17, 15) is 0 Å². The van der Waals surface area contributed by atoms with E-state index < -0.39 is 0 Å². The minimum absolute atomic E-state index is 0.534. The average molecular weight is 361 g/mol. The van der Waals surface area contributed by atoms with Crippen molar-refractivity contribution in [3.05, 3.63) is 0 Å². The highest BCUT2D eigenvalue weighted by Gasteiger charge is 2.59. The fourth-order valence-electron chi connectivity index (χ4n) is 7.92. The van der Waals surface area contributed by atoms with Gasteiger partial charge in [0.15, 0.2) is 0 Å². The van der Waals surface area contributed by atoms with Gasteiger partial charge in [-0.3, -0.25) is 0 Å². The van der Waals surface area contributed by atoms with Crippen molar-refractivity contribution in [3.8, 4) is 0 Å². The molecule has 4 rings (SSSR count). The Bertz CT molecular complexity index is 534. The first-order chi connectivity index (χ1) is 12.5. The van der Waals surface area contributed by atoms with E-state index in [4.69, 9.17) is 10.6 Å². The first kappa shape index (κ1) is 18.8. The highest BCUT2D eigenvalue weighted by atomic mass is 16.6. The van der Waals surface area contributed by atoms with E-state index in [1.54, 1.807) is 0 Å². The zero-order valence-electron chi connectivity index (χ0n) is 17.3. The Morgan fingerprint density at radius 2 is 1.77 bits per heavy atom. The normalized spacial score (nSPS) is 50.9. The quantitative estimate of drug-likeness (QED) is 0.423. The van der Waals surface area contributed by atoms with Crippen LogP contribution in [0.3, 0.4) is 0 Å². The van der Waals surface area contributed by atoms with Gasteiger partial charge in [-0.15, -0.1) is 0 Å². The number of nitrogens with zero attached hydrogens (tertiary/aromatic N) is 1. The highest BCUT2D eigenvalue weighted by Crippen LogP contribution is 2.67. The lowest BCUT2D eigenvalue weighted by Gasteiger charge is -2.61. The molecule has 3 heteroatoms. The van der Waals surface area contributed by atoms with Gasteiger partial charge in [0.2, 0.25) is 0 Å². The summed E-state index contributed by atoms with van der Waals surface area (Å²) in [7, 11) is 0. The van der Waals surface area contributed by atoms with Crippen molar-refractivity contribution in [2.75, 3.05) is 13.2 Å². The van der Waals surface area contributed by atoms with Gasteiger partial charge in [-0.25, -0.2) is 0 Å². The van der Waals surface area contributed by atoms with Gasteiger partial charge in [0.1, 0.15) is 6.61 Å². The molecule has 8 atom stereocenters. The van der Waals surface area contributed by atoms with Crippen LogP contribution in [0, 0.1) is 46.3 Å². The van der Waals surface area contributed by atoms with Crippen LogP contribution in [0.4, 0.5) is 0 Å². The monoisotopic (exact) mass is 360 g/mol. The van der Waals surface area contributed by atoms with Crippen LogP contribution >= 0.6 is 0 Å². The third kappa shape index (κ3) is 2.93. The third-order valence-electron chi connectivity index (χ3n) is 9.74. The van der Waals surface area contributed by atoms with E-state index in [0.717, 1.165) is 29.6 Å². The Labute approximate surface area is 160 Å². The summed E-state index contributed by atoms with van der Waals surface area (Å²) >= 11 is 0. The van der Waals surface area contributed by atoms with Gasteiger partial charge in [0, 0.05) is 12.8 Å². The van der Waals surface area contributed by atoms with Crippen molar-refractivity contribution < 1.29 is 4.84 Å². The number of hydrogen-bond donors (Lipinski definition) is 1. The standard InChI is InChI=1S/C23H40N2O/c1-16-4-7-20-19-6-5-18-14-17(15-25-26-13-12-24)8-10-23(18,3)21(19)9-11-22(16,20)2/h15-21H,4-14,24H2,1-3H3/t16-,17-,18?,19?,20?,21?,22+,23-/m0/s1. The van der Waals surface area contributed by atoms with Gasteiger partial charge in [0.25, 0.3) is 0 Å². The van der Waals surface area contributed by atoms with Gasteiger partial charge >= 0.3 is 0 Å². The maximum absolute atomic E-state index is 5.47. The number of fused-ring (bicyclic) bond motifs is 5. The second-order valence-electron chi connectivity index (χ2n) is 10.6. The Balaban J connectivity index is 1.45. The van der Waals surface area contributed by atoms with Gasteiger partial charge < -0.3 is 10.6 Å². The van der Waals surface area contributed by atoms with Crippen LogP contribution in [0.5, 0.6) is 0 Å². The molecule has 4 aliphatic carbocycles. The summed E-state index contributed by atoms with van der Waals surface area (Å²) in [6, 6.07) is 0. The van der Waals surface area contributed by atoms with Crippen LogP contribution in [0.1, 0.15) is 78.6 Å². The molecule has 26 heavy (non-hydrogen) atoms. The van der Waals surface area contributed by atoms with Crippen molar-refractivity contribution in [1.29, 1.82) is 0 Å². The lowest BCUT2D eigenvalue weighted by Crippen LogP contribution is -2.53. The summed E-state index contributed by atoms with van der Waals surface area (Å²) in [5.41, 5.74) is 6.70. The Hall–Kier alpha value is -0.570. The van der Waals surface area contributed by atoms with Gasteiger partial charge in [-0.05, 0) is 104 Å². The molecule has 0 aromatic heterocycles. The predicted molar refractivity (Wildman–Crippen MR) is 108 cm³/mol. The van der Waals surface area contributed by atoms with Crippen molar-refractivity contribution in [1.82, 2.24) is 0 Å². The minimum Gasteiger partial charge on any atom is -0.395 e. The van der Waals surface area contributed by atoms with E-state index in [1.807, 2.05) is 0 Å². The molecule has 4 aliphatic rings. The molecule has 0 aromatic rings. The summed E-state index contributed by atoms with van der Waals surface area (Å²) in [5.74, 6) is 5.46. The van der Waals surface area contributed by atoms with E-state index in [1.165, 1.54) is 57.8 Å². The summed E-state index contributed by atoms with van der Waals surface area (Å²) in [6.45, 7) is 8.91. The van der Waals surface area contributed by atoms with Crippen molar-refractivity contribution in [2.45, 2.75) is 78.6 Å². The summed E-state index contributed by atoms with van der Waals surface area (Å²) in [4.78, 5) is 5.25. The van der Waals surface area contributed by atoms with Gasteiger partial charge in [-0.2, -0.15) is 0 Å². The van der Waals surface area contributed by atoms with Gasteiger partial charge in [-0.1, -0.05) is 25.9 Å². The molecule has 4 unspecified atom stereocenters. The SMILES string of the molecule is C[C@H]1CCC2C3CCC4C[C@@H](C=NOCCN)CC[C@]4(C)C3CC[C@@]21C. The maximum Gasteiger partial charge on any atom is 0.129 e. The first-order valence-electron chi connectivity index (χ1n) is 11.3. The number of oxime groups is 1. The van der Waals surface area contributed by atoms with Crippen LogP contribution < -0.4 is 5.73 Å². The molecule has 4 fully saturated rings. The molecule has 0 aliphatic heterocycles. The molecule has 4 saturated carbocycles. The number of hydrogen-bond acceptors (Lipinski definition) is 3. The van der Waals surface area contributed by atoms with E-state index in [-0.39, 0.29) is 0 Å². The van der Waals surface area contributed by atoms with Crippen molar-refractivity contribution in [3.63, 3.8) is 0 Å². The lowest BCUT2D eigenvalue weighted by molar-refractivity contribution is -0.113. The van der Waals surface area contributed by atoms with E-state index in [2.05, 4.69) is 32.1 Å². The fourth-order valence-corrected chi connectivity index (χ4v) is 7.92. The molecule has 2 N–H and O–H groups in total. The molecule has 0 radical (unpaired) electrons. The zero-order chi connectivity index (χ0) is 18.4. The Kier molecular flexibility index (Phi) is 5.14. The smallest absolute Gasteiger partial charge is 0.129 e. The van der Waals surface area contributed by atoms with Crippen LogP contribution in [-0.4, -0.2) is 19.4 Å². The molecular formula is C23H40N2O. The first-order valence-corrected chi connectivity index (χ1v) is 11.3. The highest BCUT2D eigenvalue weighted by molar-refractivity contribution is 5.60. The molecule has 0 amide bonds. The van der Waals surface area contributed by atoms with Crippen LogP contribution in [0.2, 0.25) is 0 Å². The Morgan fingerprint density at radius 1 is 1.00 bits per heavy atom. The summed E-state index contributed by atoms with van der Waals surface area (Å²) < 4.78 is 0. The molecule has 0 spiro atoms. The summed E-state index contributed by atoms with van der Waals surface area (Å²) in [6.07, 6.45) is 15.0. The molecule has 3 nitrogen and oxygen atoms in total. The van der Waals surface area contributed by atoms with E-state index >= 15 is 0 Å². The molecule has 148 valence electrons. The van der Waals surface area contributed by atoms with Crippen molar-refractivity contribution in [2.24, 2.45) is 57.2 Å². The molecule has 0 bridgehead atoms. The molecule has 0 heterocycles.